The molecular formula is C27H19BrI2N2O5S. The van der Waals surface area contributed by atoms with Gasteiger partial charge in [-0.15, -0.1) is 0 Å². The first-order valence-electron chi connectivity index (χ1n) is 11.4. The van der Waals surface area contributed by atoms with Crippen LogP contribution in [0.1, 0.15) is 31.2 Å². The van der Waals surface area contributed by atoms with Crippen LogP contribution < -0.4 is 14.9 Å². The number of esters is 1. The van der Waals surface area contributed by atoms with Crippen molar-refractivity contribution in [1.29, 1.82) is 0 Å². The van der Waals surface area contributed by atoms with E-state index in [1.807, 2.05) is 30.3 Å². The highest BCUT2D eigenvalue weighted by molar-refractivity contribution is 14.1. The molecule has 0 fully saturated rings. The Morgan fingerprint density at radius 3 is 2.55 bits per heavy atom. The lowest BCUT2D eigenvalue weighted by molar-refractivity contribution is -0.139. The van der Waals surface area contributed by atoms with Crippen LogP contribution in [-0.4, -0.2) is 22.2 Å². The number of halogens is 3. The molecule has 1 aliphatic rings. The molecule has 0 saturated carbocycles. The molecule has 11 heteroatoms. The number of ether oxygens (including phenoxy) is 1. The van der Waals surface area contributed by atoms with Gasteiger partial charge in [-0.1, -0.05) is 39.4 Å². The van der Waals surface area contributed by atoms with E-state index in [-0.39, 0.29) is 23.5 Å². The Kier molecular flexibility index (Phi) is 7.99. The molecule has 0 radical (unpaired) electrons. The fraction of sp³-hybridized carbons (Fsp3) is 0.148. The standard InChI is InChI=1S/C27H19BrI2N2O5S/c1-3-36-26(35)22-13(2)31-27-32(23(22)20-9-8-19(37-20)15-4-6-16(28)7-5-15)25(34)21(38-27)12-14-10-17(29)24(33)18(30)11-14/h4-12,23,33H,3H2,1-2H3/b21-12-/t23-/m0/s1. The van der Waals surface area contributed by atoms with Crippen molar-refractivity contribution in [3.05, 3.63) is 102 Å². The van der Waals surface area contributed by atoms with Gasteiger partial charge in [-0.05, 0) is 107 Å². The smallest absolute Gasteiger partial charge is 0.338 e. The predicted octanol–water partition coefficient (Wildman–Crippen LogP) is 5.74. The Morgan fingerprint density at radius 2 is 1.89 bits per heavy atom. The van der Waals surface area contributed by atoms with E-state index in [9.17, 15) is 14.7 Å². The van der Waals surface area contributed by atoms with E-state index >= 15 is 0 Å². The van der Waals surface area contributed by atoms with Crippen LogP contribution in [0, 0.1) is 7.14 Å². The number of furan rings is 1. The summed E-state index contributed by atoms with van der Waals surface area (Å²) in [7, 11) is 0. The molecule has 4 aromatic rings. The van der Waals surface area contributed by atoms with Gasteiger partial charge in [0, 0.05) is 10.0 Å². The van der Waals surface area contributed by atoms with Crippen molar-refractivity contribution in [3.63, 3.8) is 0 Å². The molecule has 0 aliphatic carbocycles. The zero-order chi connectivity index (χ0) is 27.1. The van der Waals surface area contributed by atoms with E-state index < -0.39 is 12.0 Å². The number of hydrogen-bond acceptors (Lipinski definition) is 7. The molecule has 1 aliphatic heterocycles. The minimum atomic E-state index is -0.836. The van der Waals surface area contributed by atoms with Crippen LogP contribution in [-0.2, 0) is 9.53 Å². The van der Waals surface area contributed by atoms with Gasteiger partial charge in [0.05, 0.1) is 29.5 Å². The van der Waals surface area contributed by atoms with E-state index in [4.69, 9.17) is 9.15 Å². The van der Waals surface area contributed by atoms with Crippen LogP contribution in [0.15, 0.2) is 78.5 Å². The SMILES string of the molecule is CCOC(=O)C1=C(C)N=c2s/c(=C\c3cc(I)c(O)c(I)c3)c(=O)n2[C@H]1c1ccc(-c2ccc(Br)cc2)o1. The molecule has 0 saturated heterocycles. The molecule has 0 spiro atoms. The largest absolute Gasteiger partial charge is 0.506 e. The number of fused-ring (bicyclic) bond motifs is 1. The second-order valence-electron chi connectivity index (χ2n) is 8.34. The summed E-state index contributed by atoms with van der Waals surface area (Å²) in [4.78, 5) is 32.0. The highest BCUT2D eigenvalue weighted by Crippen LogP contribution is 2.34. The topological polar surface area (TPSA) is 94.0 Å². The molecule has 2 aromatic carbocycles. The summed E-state index contributed by atoms with van der Waals surface area (Å²) in [6, 6.07) is 14.1. The van der Waals surface area contributed by atoms with Crippen LogP contribution in [0.5, 0.6) is 5.75 Å². The first-order valence-corrected chi connectivity index (χ1v) is 15.2. The second kappa shape index (κ2) is 11.1. The number of carbonyl (C=O) groups excluding carboxylic acids is 1. The highest BCUT2D eigenvalue weighted by Gasteiger charge is 2.35. The number of thiazole rings is 1. The van der Waals surface area contributed by atoms with Gasteiger partial charge in [-0.3, -0.25) is 9.36 Å². The molecule has 7 nitrogen and oxygen atoms in total. The maximum atomic E-state index is 13.8. The third-order valence-electron chi connectivity index (χ3n) is 5.88. The minimum absolute atomic E-state index is 0.188. The Morgan fingerprint density at radius 1 is 1.21 bits per heavy atom. The van der Waals surface area contributed by atoms with Crippen molar-refractivity contribution in [2.45, 2.75) is 19.9 Å². The van der Waals surface area contributed by atoms with Crippen molar-refractivity contribution < 1.29 is 19.1 Å². The fourth-order valence-electron chi connectivity index (χ4n) is 4.15. The van der Waals surface area contributed by atoms with Crippen LogP contribution in [0.3, 0.4) is 0 Å². The average Bonchev–Trinajstić information content (AvgIpc) is 3.47. The molecule has 0 bridgehead atoms. The zero-order valence-corrected chi connectivity index (χ0v) is 26.7. The van der Waals surface area contributed by atoms with Crippen molar-refractivity contribution >= 4 is 84.5 Å². The molecule has 2 aromatic heterocycles. The van der Waals surface area contributed by atoms with Crippen molar-refractivity contribution in [2.24, 2.45) is 4.99 Å². The molecule has 194 valence electrons. The molecule has 0 unspecified atom stereocenters. The Bertz CT molecular complexity index is 1760. The number of hydrogen-bond donors (Lipinski definition) is 1. The number of aromatic hydroxyl groups is 1. The minimum Gasteiger partial charge on any atom is -0.506 e. The van der Waals surface area contributed by atoms with E-state index in [0.29, 0.717) is 33.7 Å². The monoisotopic (exact) mass is 816 g/mol. The molecule has 0 amide bonds. The summed E-state index contributed by atoms with van der Waals surface area (Å²) in [5.41, 5.74) is 2.07. The first kappa shape index (κ1) is 27.3. The number of nitrogens with zero attached hydrogens (tertiary/aromatic N) is 2. The number of benzene rings is 2. The molecular weight excluding hydrogens is 798 g/mol. The zero-order valence-electron chi connectivity index (χ0n) is 20.0. The highest BCUT2D eigenvalue weighted by atomic mass is 127. The van der Waals surface area contributed by atoms with Gasteiger partial charge in [0.25, 0.3) is 5.56 Å². The maximum absolute atomic E-state index is 13.8. The molecule has 38 heavy (non-hydrogen) atoms. The third-order valence-corrected chi connectivity index (χ3v) is 9.04. The Balaban J connectivity index is 1.69. The van der Waals surface area contributed by atoms with Gasteiger partial charge in [0.1, 0.15) is 23.3 Å². The summed E-state index contributed by atoms with van der Waals surface area (Å²) in [5.74, 6) is 0.707. The van der Waals surface area contributed by atoms with E-state index in [2.05, 4.69) is 66.1 Å². The van der Waals surface area contributed by atoms with Crippen LogP contribution >= 0.6 is 72.4 Å². The van der Waals surface area contributed by atoms with E-state index in [1.165, 1.54) is 15.9 Å². The third kappa shape index (κ3) is 5.17. The van der Waals surface area contributed by atoms with Gasteiger partial charge < -0.3 is 14.3 Å². The summed E-state index contributed by atoms with van der Waals surface area (Å²) < 4.78 is 15.9. The molecule has 1 atom stereocenters. The molecule has 5 rings (SSSR count). The van der Waals surface area contributed by atoms with Gasteiger partial charge in [0.2, 0.25) is 0 Å². The molecule has 3 heterocycles. The number of rotatable bonds is 5. The van der Waals surface area contributed by atoms with Gasteiger partial charge in [-0.25, -0.2) is 9.79 Å². The number of phenols is 1. The average molecular weight is 817 g/mol. The summed E-state index contributed by atoms with van der Waals surface area (Å²) in [5, 5.41) is 10.1. The van der Waals surface area contributed by atoms with Gasteiger partial charge in [-0.2, -0.15) is 0 Å². The lowest BCUT2D eigenvalue weighted by Gasteiger charge is -2.22. The van der Waals surface area contributed by atoms with Crippen molar-refractivity contribution in [3.8, 4) is 17.1 Å². The second-order valence-corrected chi connectivity index (χ2v) is 12.6. The van der Waals surface area contributed by atoms with Crippen LogP contribution in [0.2, 0.25) is 0 Å². The number of phenolic OH excluding ortho intramolecular Hbond substituents is 1. The van der Waals surface area contributed by atoms with Gasteiger partial charge >= 0.3 is 5.97 Å². The maximum Gasteiger partial charge on any atom is 0.338 e. The normalized spacial score (nSPS) is 15.4. The van der Waals surface area contributed by atoms with Crippen molar-refractivity contribution in [1.82, 2.24) is 4.57 Å². The van der Waals surface area contributed by atoms with Crippen LogP contribution in [0.4, 0.5) is 0 Å². The van der Waals surface area contributed by atoms with Crippen molar-refractivity contribution in [2.75, 3.05) is 6.61 Å². The number of aromatic nitrogens is 1. The van der Waals surface area contributed by atoms with E-state index in [1.54, 1.807) is 38.1 Å². The Hall–Kier alpha value is -2.23. The predicted molar refractivity (Wildman–Crippen MR) is 166 cm³/mol. The number of allylic oxidation sites excluding steroid dienone is 1. The first-order chi connectivity index (χ1) is 18.2. The number of carbonyl (C=O) groups is 1. The Labute approximate surface area is 257 Å². The molecule has 1 N–H and O–H groups in total. The summed E-state index contributed by atoms with van der Waals surface area (Å²) in [6.45, 7) is 3.66. The van der Waals surface area contributed by atoms with E-state index in [0.717, 1.165) is 15.6 Å². The summed E-state index contributed by atoms with van der Waals surface area (Å²) >= 11 is 8.79. The fourth-order valence-corrected chi connectivity index (χ4v) is 7.28. The summed E-state index contributed by atoms with van der Waals surface area (Å²) in [6.07, 6.45) is 1.77. The quantitative estimate of drug-likeness (QED) is 0.205. The lowest BCUT2D eigenvalue weighted by Crippen LogP contribution is -2.39. The van der Waals surface area contributed by atoms with Crippen LogP contribution in [0.25, 0.3) is 17.4 Å². The van der Waals surface area contributed by atoms with Gasteiger partial charge in [0.15, 0.2) is 4.80 Å². The lowest BCUT2D eigenvalue weighted by atomic mass is 10.0.